The molecule has 1 aliphatic rings. The van der Waals surface area contributed by atoms with Crippen molar-refractivity contribution in [3.05, 3.63) is 0 Å². The maximum Gasteiger partial charge on any atom is 0.410 e. The van der Waals surface area contributed by atoms with E-state index in [0.29, 0.717) is 13.0 Å². The normalized spacial score (nSPS) is 21.4. The first-order valence-corrected chi connectivity index (χ1v) is 5.55. The summed E-state index contributed by atoms with van der Waals surface area (Å²) < 4.78 is 31.3. The van der Waals surface area contributed by atoms with Gasteiger partial charge in [0.25, 0.3) is 0 Å². The van der Waals surface area contributed by atoms with Crippen molar-refractivity contribution in [2.45, 2.75) is 51.6 Å². The Morgan fingerprint density at radius 1 is 1.25 bits per heavy atom. The third kappa shape index (κ3) is 4.33. The van der Waals surface area contributed by atoms with Gasteiger partial charge in [0.15, 0.2) is 0 Å². The van der Waals surface area contributed by atoms with Crippen LogP contribution in [0.15, 0.2) is 0 Å². The topological polar surface area (TPSA) is 29.5 Å². The fourth-order valence-electron chi connectivity index (χ4n) is 1.57. The number of carbonyl (C=O) groups is 1. The zero-order valence-corrected chi connectivity index (χ0v) is 10.1. The summed E-state index contributed by atoms with van der Waals surface area (Å²) in [7, 11) is 0. The van der Waals surface area contributed by atoms with Crippen molar-refractivity contribution in [3.8, 4) is 0 Å². The standard InChI is InChI=1S/C11H19F2NO2/c1-10(2,3)16-9(15)14-7-4-5-11(12,13)6-8-14/h4-8H2,1-3H3. The van der Waals surface area contributed by atoms with Crippen LogP contribution in [0.5, 0.6) is 0 Å². The van der Waals surface area contributed by atoms with Crippen LogP contribution >= 0.6 is 0 Å². The molecule has 0 bridgehead atoms. The van der Waals surface area contributed by atoms with Gasteiger partial charge in [-0.2, -0.15) is 0 Å². The van der Waals surface area contributed by atoms with Crippen LogP contribution in [0.25, 0.3) is 0 Å². The molecule has 1 saturated heterocycles. The van der Waals surface area contributed by atoms with E-state index < -0.39 is 17.6 Å². The largest absolute Gasteiger partial charge is 0.444 e. The Bertz CT molecular complexity index is 261. The maximum absolute atomic E-state index is 13.1. The second-order valence-electron chi connectivity index (χ2n) is 5.18. The highest BCUT2D eigenvalue weighted by atomic mass is 19.3. The fraction of sp³-hybridized carbons (Fsp3) is 0.909. The predicted octanol–water partition coefficient (Wildman–Crippen LogP) is 3.04. The molecule has 0 saturated carbocycles. The lowest BCUT2D eigenvalue weighted by molar-refractivity contribution is -0.0146. The van der Waals surface area contributed by atoms with E-state index in [9.17, 15) is 13.6 Å². The predicted molar refractivity (Wildman–Crippen MR) is 56.6 cm³/mol. The van der Waals surface area contributed by atoms with E-state index in [-0.39, 0.29) is 19.4 Å². The van der Waals surface area contributed by atoms with E-state index in [1.165, 1.54) is 4.90 Å². The number of likely N-dealkylation sites (tertiary alicyclic amines) is 1. The molecule has 0 radical (unpaired) electrons. The molecule has 1 fully saturated rings. The van der Waals surface area contributed by atoms with Crippen molar-refractivity contribution < 1.29 is 18.3 Å². The third-order valence-electron chi connectivity index (χ3n) is 2.37. The summed E-state index contributed by atoms with van der Waals surface area (Å²) in [6, 6.07) is 0. The van der Waals surface area contributed by atoms with E-state index in [1.807, 2.05) is 0 Å². The van der Waals surface area contributed by atoms with Gasteiger partial charge in [0.1, 0.15) is 5.60 Å². The average Bonchev–Trinajstić information content (AvgIpc) is 2.23. The summed E-state index contributed by atoms with van der Waals surface area (Å²) in [5, 5.41) is 0. The van der Waals surface area contributed by atoms with E-state index in [2.05, 4.69) is 0 Å². The molecule has 0 aromatic rings. The molecule has 1 heterocycles. The highest BCUT2D eigenvalue weighted by Crippen LogP contribution is 2.28. The average molecular weight is 235 g/mol. The quantitative estimate of drug-likeness (QED) is 0.646. The van der Waals surface area contributed by atoms with Crippen LogP contribution in [-0.4, -0.2) is 35.6 Å². The molecule has 0 N–H and O–H groups in total. The Kier molecular flexibility index (Phi) is 3.76. The van der Waals surface area contributed by atoms with Gasteiger partial charge in [-0.25, -0.2) is 13.6 Å². The lowest BCUT2D eigenvalue weighted by atomic mass is 10.1. The molecule has 0 spiro atoms. The molecule has 94 valence electrons. The number of alkyl halides is 2. The Labute approximate surface area is 94.7 Å². The van der Waals surface area contributed by atoms with Crippen LogP contribution in [0.4, 0.5) is 13.6 Å². The van der Waals surface area contributed by atoms with Crippen LogP contribution in [0, 0.1) is 0 Å². The number of hydrogen-bond acceptors (Lipinski definition) is 2. The zero-order chi connectivity index (χ0) is 12.4. The van der Waals surface area contributed by atoms with Gasteiger partial charge in [-0.15, -0.1) is 0 Å². The number of hydrogen-bond donors (Lipinski definition) is 0. The highest BCUT2D eigenvalue weighted by molar-refractivity contribution is 5.68. The van der Waals surface area contributed by atoms with Gasteiger partial charge in [-0.1, -0.05) is 0 Å². The van der Waals surface area contributed by atoms with Gasteiger partial charge in [0.05, 0.1) is 0 Å². The molecule has 1 amide bonds. The second-order valence-corrected chi connectivity index (χ2v) is 5.18. The third-order valence-corrected chi connectivity index (χ3v) is 2.37. The summed E-state index contributed by atoms with van der Waals surface area (Å²) in [6.07, 6.45) is -0.588. The molecule has 0 unspecified atom stereocenters. The van der Waals surface area contributed by atoms with Gasteiger partial charge in [0.2, 0.25) is 5.92 Å². The monoisotopic (exact) mass is 235 g/mol. The van der Waals surface area contributed by atoms with Crippen molar-refractivity contribution in [2.75, 3.05) is 13.1 Å². The first kappa shape index (κ1) is 13.2. The van der Waals surface area contributed by atoms with Gasteiger partial charge >= 0.3 is 6.09 Å². The molecular formula is C11H19F2NO2. The zero-order valence-electron chi connectivity index (χ0n) is 10.1. The van der Waals surface area contributed by atoms with Crippen LogP contribution in [0.3, 0.4) is 0 Å². The number of nitrogens with zero attached hydrogens (tertiary/aromatic N) is 1. The molecule has 0 aromatic carbocycles. The summed E-state index contributed by atoms with van der Waals surface area (Å²) in [5.74, 6) is -2.64. The fourth-order valence-corrected chi connectivity index (χ4v) is 1.57. The van der Waals surface area contributed by atoms with Gasteiger partial charge < -0.3 is 9.64 Å². The number of halogens is 2. The number of amides is 1. The summed E-state index contributed by atoms with van der Waals surface area (Å²) in [6.45, 7) is 5.71. The number of ether oxygens (including phenoxy) is 1. The SMILES string of the molecule is CC(C)(C)OC(=O)N1CCCC(F)(F)CC1. The lowest BCUT2D eigenvalue weighted by Gasteiger charge is -2.26. The van der Waals surface area contributed by atoms with Crippen molar-refractivity contribution in [1.82, 2.24) is 4.90 Å². The highest BCUT2D eigenvalue weighted by Gasteiger charge is 2.34. The second kappa shape index (κ2) is 4.55. The minimum absolute atomic E-state index is 0.0713. The summed E-state index contributed by atoms with van der Waals surface area (Å²) in [5.41, 5.74) is -0.577. The number of rotatable bonds is 0. The summed E-state index contributed by atoms with van der Waals surface area (Å²) >= 11 is 0. The van der Waals surface area contributed by atoms with E-state index in [0.717, 1.165) is 0 Å². The van der Waals surface area contributed by atoms with Crippen molar-refractivity contribution in [2.24, 2.45) is 0 Å². The van der Waals surface area contributed by atoms with Crippen LogP contribution < -0.4 is 0 Å². The van der Waals surface area contributed by atoms with Crippen molar-refractivity contribution in [1.29, 1.82) is 0 Å². The molecule has 5 heteroatoms. The van der Waals surface area contributed by atoms with Gasteiger partial charge in [0, 0.05) is 25.9 Å². The van der Waals surface area contributed by atoms with E-state index >= 15 is 0 Å². The first-order chi connectivity index (χ1) is 7.20. The molecule has 1 aliphatic heterocycles. The number of carbonyl (C=O) groups excluding carboxylic acids is 1. The lowest BCUT2D eigenvalue weighted by Crippen LogP contribution is -2.37. The van der Waals surface area contributed by atoms with Crippen molar-refractivity contribution in [3.63, 3.8) is 0 Å². The minimum Gasteiger partial charge on any atom is -0.444 e. The maximum atomic E-state index is 13.1. The van der Waals surface area contributed by atoms with Crippen LogP contribution in [0.1, 0.15) is 40.0 Å². The van der Waals surface area contributed by atoms with Crippen LogP contribution in [0.2, 0.25) is 0 Å². The van der Waals surface area contributed by atoms with Gasteiger partial charge in [-0.05, 0) is 27.2 Å². The molecule has 3 nitrogen and oxygen atoms in total. The Balaban J connectivity index is 2.52. The first-order valence-electron chi connectivity index (χ1n) is 5.55. The Hall–Kier alpha value is -0.870. The molecule has 0 atom stereocenters. The molecular weight excluding hydrogens is 216 g/mol. The molecule has 16 heavy (non-hydrogen) atoms. The molecule has 0 aliphatic carbocycles. The van der Waals surface area contributed by atoms with E-state index in [4.69, 9.17) is 4.74 Å². The Morgan fingerprint density at radius 2 is 1.88 bits per heavy atom. The van der Waals surface area contributed by atoms with Crippen LogP contribution in [-0.2, 0) is 4.74 Å². The van der Waals surface area contributed by atoms with Crippen molar-refractivity contribution >= 4 is 6.09 Å². The Morgan fingerprint density at radius 3 is 2.44 bits per heavy atom. The van der Waals surface area contributed by atoms with Gasteiger partial charge in [-0.3, -0.25) is 0 Å². The van der Waals surface area contributed by atoms with E-state index in [1.54, 1.807) is 20.8 Å². The molecule has 1 rings (SSSR count). The summed E-state index contributed by atoms with van der Waals surface area (Å²) in [4.78, 5) is 13.0. The minimum atomic E-state index is -2.64. The smallest absolute Gasteiger partial charge is 0.410 e. The molecule has 0 aromatic heterocycles.